The van der Waals surface area contributed by atoms with Gasteiger partial charge in [0, 0.05) is 12.6 Å². The second-order valence-electron chi connectivity index (χ2n) is 2.97. The normalized spacial score (nSPS) is 10.5. The standard InChI is InChI=1S/C9H16N2O/c1-3-5-8-7-9(12)11(10-8)6-4-2/h7,12H,3-6H2,1-2H3. The molecular formula is C9H16N2O. The molecule has 1 heterocycles. The fraction of sp³-hybridized carbons (Fsp3) is 0.667. The van der Waals surface area contributed by atoms with E-state index in [0.29, 0.717) is 5.88 Å². The van der Waals surface area contributed by atoms with Crippen molar-refractivity contribution in [3.8, 4) is 5.88 Å². The molecule has 0 fully saturated rings. The molecule has 3 heteroatoms. The van der Waals surface area contributed by atoms with Crippen molar-refractivity contribution in [3.05, 3.63) is 11.8 Å². The molecule has 68 valence electrons. The van der Waals surface area contributed by atoms with Gasteiger partial charge in [0.1, 0.15) is 0 Å². The van der Waals surface area contributed by atoms with Gasteiger partial charge >= 0.3 is 0 Å². The van der Waals surface area contributed by atoms with Crippen molar-refractivity contribution in [1.29, 1.82) is 0 Å². The van der Waals surface area contributed by atoms with Crippen molar-refractivity contribution in [1.82, 2.24) is 9.78 Å². The highest BCUT2D eigenvalue weighted by Gasteiger charge is 2.03. The first-order valence-electron chi connectivity index (χ1n) is 4.53. The fourth-order valence-corrected chi connectivity index (χ4v) is 1.21. The minimum Gasteiger partial charge on any atom is -0.493 e. The van der Waals surface area contributed by atoms with E-state index < -0.39 is 0 Å². The van der Waals surface area contributed by atoms with Gasteiger partial charge in [0.25, 0.3) is 0 Å². The summed E-state index contributed by atoms with van der Waals surface area (Å²) in [6, 6.07) is 1.75. The third kappa shape index (κ3) is 2.00. The summed E-state index contributed by atoms with van der Waals surface area (Å²) in [5, 5.41) is 13.6. The number of nitrogens with zero attached hydrogens (tertiary/aromatic N) is 2. The summed E-state index contributed by atoms with van der Waals surface area (Å²) in [6.45, 7) is 4.98. The number of aryl methyl sites for hydroxylation is 2. The third-order valence-corrected chi connectivity index (χ3v) is 1.75. The van der Waals surface area contributed by atoms with Crippen LogP contribution in [0.25, 0.3) is 0 Å². The molecule has 0 radical (unpaired) electrons. The summed E-state index contributed by atoms with van der Waals surface area (Å²) >= 11 is 0. The highest BCUT2D eigenvalue weighted by atomic mass is 16.3. The minimum atomic E-state index is 0.292. The van der Waals surface area contributed by atoms with Crippen LogP contribution in [0.1, 0.15) is 32.4 Å². The SMILES string of the molecule is CCCc1cc(O)n(CCC)n1. The Bertz CT molecular complexity index is 243. The molecule has 0 aliphatic rings. The quantitative estimate of drug-likeness (QED) is 0.746. The summed E-state index contributed by atoms with van der Waals surface area (Å²) in [4.78, 5) is 0. The van der Waals surface area contributed by atoms with E-state index in [1.807, 2.05) is 0 Å². The van der Waals surface area contributed by atoms with Crippen molar-refractivity contribution in [2.75, 3.05) is 0 Å². The van der Waals surface area contributed by atoms with Gasteiger partial charge in [0.05, 0.1) is 5.69 Å². The van der Waals surface area contributed by atoms with E-state index in [0.717, 1.165) is 31.5 Å². The zero-order chi connectivity index (χ0) is 8.97. The zero-order valence-electron chi connectivity index (χ0n) is 7.75. The van der Waals surface area contributed by atoms with Gasteiger partial charge in [-0.05, 0) is 12.8 Å². The predicted molar refractivity (Wildman–Crippen MR) is 48.2 cm³/mol. The molecule has 0 saturated carbocycles. The number of rotatable bonds is 4. The number of hydrogen-bond acceptors (Lipinski definition) is 2. The van der Waals surface area contributed by atoms with Crippen LogP contribution in [-0.2, 0) is 13.0 Å². The molecule has 1 aromatic heterocycles. The van der Waals surface area contributed by atoms with Gasteiger partial charge in [0.15, 0.2) is 0 Å². The van der Waals surface area contributed by atoms with Gasteiger partial charge in [0.2, 0.25) is 5.88 Å². The van der Waals surface area contributed by atoms with Crippen molar-refractivity contribution >= 4 is 0 Å². The Morgan fingerprint density at radius 1 is 1.42 bits per heavy atom. The highest BCUT2D eigenvalue weighted by molar-refractivity contribution is 5.14. The predicted octanol–water partition coefficient (Wildman–Crippen LogP) is 1.95. The average Bonchev–Trinajstić information content (AvgIpc) is 2.34. The Morgan fingerprint density at radius 2 is 2.17 bits per heavy atom. The number of hydrogen-bond donors (Lipinski definition) is 1. The molecule has 0 aliphatic carbocycles. The highest BCUT2D eigenvalue weighted by Crippen LogP contribution is 2.12. The minimum absolute atomic E-state index is 0.292. The Morgan fingerprint density at radius 3 is 2.75 bits per heavy atom. The first-order chi connectivity index (χ1) is 5.77. The maximum atomic E-state index is 9.39. The molecule has 1 rings (SSSR count). The van der Waals surface area contributed by atoms with Gasteiger partial charge in [-0.3, -0.25) is 0 Å². The largest absolute Gasteiger partial charge is 0.493 e. The summed E-state index contributed by atoms with van der Waals surface area (Å²) in [5.41, 5.74) is 0.989. The maximum absolute atomic E-state index is 9.39. The Kier molecular flexibility index (Phi) is 3.14. The Hall–Kier alpha value is -0.990. The lowest BCUT2D eigenvalue weighted by molar-refractivity contribution is 0.397. The lowest BCUT2D eigenvalue weighted by Gasteiger charge is -1.97. The molecule has 0 bridgehead atoms. The molecule has 1 aromatic rings. The zero-order valence-corrected chi connectivity index (χ0v) is 7.75. The van der Waals surface area contributed by atoms with Crippen molar-refractivity contribution in [2.24, 2.45) is 0 Å². The van der Waals surface area contributed by atoms with Crippen LogP contribution >= 0.6 is 0 Å². The fourth-order valence-electron chi connectivity index (χ4n) is 1.21. The summed E-state index contributed by atoms with van der Waals surface area (Å²) in [5.74, 6) is 0.292. The van der Waals surface area contributed by atoms with Crippen molar-refractivity contribution in [2.45, 2.75) is 39.7 Å². The summed E-state index contributed by atoms with van der Waals surface area (Å²) < 4.78 is 1.66. The smallest absolute Gasteiger partial charge is 0.209 e. The van der Waals surface area contributed by atoms with Crippen LogP contribution in [0.2, 0.25) is 0 Å². The van der Waals surface area contributed by atoms with Crippen LogP contribution in [-0.4, -0.2) is 14.9 Å². The molecule has 0 unspecified atom stereocenters. The van der Waals surface area contributed by atoms with Crippen LogP contribution in [0.3, 0.4) is 0 Å². The van der Waals surface area contributed by atoms with E-state index >= 15 is 0 Å². The molecule has 1 N–H and O–H groups in total. The first kappa shape index (κ1) is 9.10. The molecule has 0 atom stereocenters. The van der Waals surface area contributed by atoms with Crippen LogP contribution in [0.5, 0.6) is 5.88 Å². The van der Waals surface area contributed by atoms with Gasteiger partial charge in [-0.15, -0.1) is 0 Å². The van der Waals surface area contributed by atoms with Crippen LogP contribution in [0.4, 0.5) is 0 Å². The molecular weight excluding hydrogens is 152 g/mol. The molecule has 3 nitrogen and oxygen atoms in total. The number of aromatic hydroxyl groups is 1. The van der Waals surface area contributed by atoms with E-state index in [4.69, 9.17) is 0 Å². The second kappa shape index (κ2) is 4.14. The van der Waals surface area contributed by atoms with E-state index in [2.05, 4.69) is 18.9 Å². The van der Waals surface area contributed by atoms with Gasteiger partial charge in [-0.25, -0.2) is 4.68 Å². The van der Waals surface area contributed by atoms with Gasteiger partial charge < -0.3 is 5.11 Å². The van der Waals surface area contributed by atoms with E-state index in [9.17, 15) is 5.11 Å². The molecule has 0 amide bonds. The lowest BCUT2D eigenvalue weighted by atomic mass is 10.3. The molecule has 0 aromatic carbocycles. The molecule has 0 spiro atoms. The van der Waals surface area contributed by atoms with Crippen LogP contribution in [0, 0.1) is 0 Å². The molecule has 0 aliphatic heterocycles. The van der Waals surface area contributed by atoms with Gasteiger partial charge in [-0.2, -0.15) is 5.10 Å². The number of aromatic nitrogens is 2. The average molecular weight is 168 g/mol. The Balaban J connectivity index is 2.70. The van der Waals surface area contributed by atoms with E-state index in [1.54, 1.807) is 10.7 Å². The van der Waals surface area contributed by atoms with Gasteiger partial charge in [-0.1, -0.05) is 20.3 Å². The van der Waals surface area contributed by atoms with Crippen LogP contribution in [0.15, 0.2) is 6.07 Å². The van der Waals surface area contributed by atoms with E-state index in [-0.39, 0.29) is 0 Å². The third-order valence-electron chi connectivity index (χ3n) is 1.75. The molecule has 12 heavy (non-hydrogen) atoms. The van der Waals surface area contributed by atoms with E-state index in [1.165, 1.54) is 0 Å². The Labute approximate surface area is 73.0 Å². The lowest BCUT2D eigenvalue weighted by Crippen LogP contribution is -1.98. The topological polar surface area (TPSA) is 38.0 Å². The second-order valence-corrected chi connectivity index (χ2v) is 2.97. The first-order valence-corrected chi connectivity index (χ1v) is 4.53. The summed E-state index contributed by atoms with van der Waals surface area (Å²) in [6.07, 6.45) is 3.02. The van der Waals surface area contributed by atoms with Crippen molar-refractivity contribution < 1.29 is 5.11 Å². The maximum Gasteiger partial charge on any atom is 0.209 e. The molecule has 0 saturated heterocycles. The summed E-state index contributed by atoms with van der Waals surface area (Å²) in [7, 11) is 0. The van der Waals surface area contributed by atoms with Crippen molar-refractivity contribution in [3.63, 3.8) is 0 Å². The monoisotopic (exact) mass is 168 g/mol. The van der Waals surface area contributed by atoms with Crippen LogP contribution < -0.4 is 0 Å².